The molecule has 2 amide bonds. The van der Waals surface area contributed by atoms with Gasteiger partial charge in [0.1, 0.15) is 11.4 Å². The number of urea groups is 1. The Morgan fingerprint density at radius 2 is 1.84 bits per heavy atom. The van der Waals surface area contributed by atoms with Crippen molar-refractivity contribution in [3.63, 3.8) is 0 Å². The molecule has 1 N–H and O–H groups in total. The van der Waals surface area contributed by atoms with E-state index in [0.29, 0.717) is 29.7 Å². The van der Waals surface area contributed by atoms with E-state index in [1.54, 1.807) is 15.6 Å². The summed E-state index contributed by atoms with van der Waals surface area (Å²) in [5, 5.41) is 8.23. The van der Waals surface area contributed by atoms with Crippen molar-refractivity contribution in [3.8, 4) is 22.9 Å². The third kappa shape index (κ3) is 5.58. The maximum atomic E-state index is 12.9. The molecule has 0 unspecified atom stereocenters. The molecule has 0 radical (unpaired) electrons. The number of para-hydroxylation sites is 1. The lowest BCUT2D eigenvalue weighted by Crippen LogP contribution is -2.43. The zero-order valence-electron chi connectivity index (χ0n) is 18.4. The molecule has 1 aromatic heterocycles. The molecule has 3 aromatic rings. The fourth-order valence-electron chi connectivity index (χ4n) is 3.33. The third-order valence-electron chi connectivity index (χ3n) is 4.72. The zero-order valence-corrected chi connectivity index (χ0v) is 19.2. The van der Waals surface area contributed by atoms with Crippen molar-refractivity contribution in [1.29, 1.82) is 0 Å². The van der Waals surface area contributed by atoms with Crippen molar-refractivity contribution < 1.29 is 9.53 Å². The fraction of sp³-hybridized carbons (Fsp3) is 0.333. The maximum absolute atomic E-state index is 12.9. The number of hydrogen-bond acceptors (Lipinski definition) is 3. The molecule has 6 nitrogen and oxygen atoms in total. The summed E-state index contributed by atoms with van der Waals surface area (Å²) in [4.78, 5) is 14.6. The Bertz CT molecular complexity index is 1020. The van der Waals surface area contributed by atoms with Gasteiger partial charge in [-0.3, -0.25) is 0 Å². The predicted molar refractivity (Wildman–Crippen MR) is 125 cm³/mol. The number of aromatic nitrogens is 2. The van der Waals surface area contributed by atoms with E-state index in [-0.39, 0.29) is 12.1 Å². The summed E-state index contributed by atoms with van der Waals surface area (Å²) in [6.07, 6.45) is 0.840. The third-order valence-corrected chi connectivity index (χ3v) is 5.03. The van der Waals surface area contributed by atoms with Crippen LogP contribution in [0, 0.1) is 0 Å². The highest BCUT2D eigenvalue weighted by Gasteiger charge is 2.24. The number of carbonyl (C=O) groups excluding carboxylic acids is 1. The lowest BCUT2D eigenvalue weighted by Gasteiger charge is -2.24. The number of nitrogens with one attached hydrogen (secondary N) is 1. The van der Waals surface area contributed by atoms with Crippen LogP contribution in [-0.2, 0) is 13.6 Å². The van der Waals surface area contributed by atoms with Gasteiger partial charge in [0.25, 0.3) is 0 Å². The minimum absolute atomic E-state index is 0.0493. The van der Waals surface area contributed by atoms with Crippen LogP contribution in [0.15, 0.2) is 54.6 Å². The highest BCUT2D eigenvalue weighted by atomic mass is 35.5. The summed E-state index contributed by atoms with van der Waals surface area (Å²) in [6, 6.07) is 17.2. The van der Waals surface area contributed by atoms with E-state index in [4.69, 9.17) is 21.4 Å². The number of rotatable bonds is 8. The number of benzene rings is 2. The molecule has 2 aromatic carbocycles. The van der Waals surface area contributed by atoms with E-state index in [9.17, 15) is 4.79 Å². The van der Waals surface area contributed by atoms with Crippen molar-refractivity contribution in [3.05, 3.63) is 65.2 Å². The van der Waals surface area contributed by atoms with Gasteiger partial charge in [-0.1, -0.05) is 61.0 Å². The van der Waals surface area contributed by atoms with Crippen LogP contribution >= 0.6 is 11.6 Å². The minimum atomic E-state index is -0.108. The summed E-state index contributed by atoms with van der Waals surface area (Å²) in [5.74, 6) is 1.10. The van der Waals surface area contributed by atoms with Gasteiger partial charge in [0.15, 0.2) is 0 Å². The lowest BCUT2D eigenvalue weighted by atomic mass is 10.1. The van der Waals surface area contributed by atoms with Gasteiger partial charge in [0.2, 0.25) is 5.88 Å². The number of amides is 2. The van der Waals surface area contributed by atoms with Crippen molar-refractivity contribution in [2.24, 2.45) is 7.05 Å². The van der Waals surface area contributed by atoms with E-state index in [0.717, 1.165) is 23.2 Å². The summed E-state index contributed by atoms with van der Waals surface area (Å²) in [6.45, 7) is 6.94. The van der Waals surface area contributed by atoms with E-state index in [2.05, 4.69) is 12.2 Å². The molecule has 0 bridgehead atoms. The molecule has 0 spiro atoms. The van der Waals surface area contributed by atoms with Crippen LogP contribution in [0.4, 0.5) is 4.79 Å². The van der Waals surface area contributed by atoms with Crippen molar-refractivity contribution in [2.75, 3.05) is 6.54 Å². The van der Waals surface area contributed by atoms with Gasteiger partial charge in [0.05, 0.1) is 17.1 Å². The summed E-state index contributed by atoms with van der Waals surface area (Å²) >= 11 is 6.34. The number of carbonyl (C=O) groups is 1. The molecular formula is C24H29ClN4O2. The molecule has 31 heavy (non-hydrogen) atoms. The standard InChI is InChI=1S/C24H29ClN4O2/c1-5-15-29(24(30)26-17(2)3)16-19-22(18-11-7-6-8-12-18)27-28(4)23(19)31-21-14-10-9-13-20(21)25/h6-14,17H,5,15-16H2,1-4H3,(H,26,30). The first kappa shape index (κ1) is 22.7. The summed E-state index contributed by atoms with van der Waals surface area (Å²) in [5.41, 5.74) is 2.58. The van der Waals surface area contributed by atoms with Gasteiger partial charge < -0.3 is 15.0 Å². The van der Waals surface area contributed by atoms with Gasteiger partial charge >= 0.3 is 6.03 Å². The lowest BCUT2D eigenvalue weighted by molar-refractivity contribution is 0.192. The Hall–Kier alpha value is -2.99. The first-order chi connectivity index (χ1) is 14.9. The largest absolute Gasteiger partial charge is 0.437 e. The molecule has 1 heterocycles. The van der Waals surface area contributed by atoms with Crippen molar-refractivity contribution >= 4 is 17.6 Å². The minimum Gasteiger partial charge on any atom is -0.437 e. The Morgan fingerprint density at radius 3 is 2.48 bits per heavy atom. The van der Waals surface area contributed by atoms with Crippen LogP contribution in [-0.4, -0.2) is 33.3 Å². The van der Waals surface area contributed by atoms with Crippen LogP contribution < -0.4 is 10.1 Å². The highest BCUT2D eigenvalue weighted by molar-refractivity contribution is 6.32. The average Bonchev–Trinajstić information content (AvgIpc) is 3.05. The van der Waals surface area contributed by atoms with Gasteiger partial charge in [0, 0.05) is 25.2 Å². The van der Waals surface area contributed by atoms with E-state index in [1.165, 1.54) is 0 Å². The van der Waals surface area contributed by atoms with Gasteiger partial charge in [-0.05, 0) is 32.4 Å². The molecule has 3 rings (SSSR count). The normalized spacial score (nSPS) is 10.9. The zero-order chi connectivity index (χ0) is 22.4. The van der Waals surface area contributed by atoms with Crippen LogP contribution in [0.25, 0.3) is 11.3 Å². The fourth-order valence-corrected chi connectivity index (χ4v) is 3.51. The van der Waals surface area contributed by atoms with Crippen LogP contribution in [0.5, 0.6) is 11.6 Å². The Kier molecular flexibility index (Phi) is 7.58. The number of ether oxygens (including phenoxy) is 1. The van der Waals surface area contributed by atoms with Gasteiger partial charge in [-0.25, -0.2) is 9.48 Å². The number of nitrogens with zero attached hydrogens (tertiary/aromatic N) is 3. The first-order valence-electron chi connectivity index (χ1n) is 10.5. The first-order valence-corrected chi connectivity index (χ1v) is 10.9. The summed E-state index contributed by atoms with van der Waals surface area (Å²) < 4.78 is 7.92. The molecular weight excluding hydrogens is 412 g/mol. The molecule has 0 fully saturated rings. The van der Waals surface area contributed by atoms with Crippen molar-refractivity contribution in [1.82, 2.24) is 20.0 Å². The quantitative estimate of drug-likeness (QED) is 0.477. The maximum Gasteiger partial charge on any atom is 0.317 e. The monoisotopic (exact) mass is 440 g/mol. The summed E-state index contributed by atoms with van der Waals surface area (Å²) in [7, 11) is 1.83. The molecule has 0 aliphatic heterocycles. The Balaban J connectivity index is 2.06. The molecule has 0 atom stereocenters. The van der Waals surface area contributed by atoms with Gasteiger partial charge in [-0.2, -0.15) is 5.10 Å². The molecule has 0 aliphatic rings. The predicted octanol–water partition coefficient (Wildman–Crippen LogP) is 5.86. The Morgan fingerprint density at radius 1 is 1.16 bits per heavy atom. The highest BCUT2D eigenvalue weighted by Crippen LogP contribution is 2.36. The van der Waals surface area contributed by atoms with Crippen LogP contribution in [0.3, 0.4) is 0 Å². The van der Waals surface area contributed by atoms with Gasteiger partial charge in [-0.15, -0.1) is 0 Å². The van der Waals surface area contributed by atoms with Crippen LogP contribution in [0.1, 0.15) is 32.8 Å². The Labute approximate surface area is 188 Å². The topological polar surface area (TPSA) is 59.4 Å². The van der Waals surface area contributed by atoms with Crippen LogP contribution in [0.2, 0.25) is 5.02 Å². The number of halogens is 1. The SMILES string of the molecule is CCCN(Cc1c(-c2ccccc2)nn(C)c1Oc1ccccc1Cl)C(=O)NC(C)C. The smallest absolute Gasteiger partial charge is 0.317 e. The van der Waals surface area contributed by atoms with E-state index in [1.807, 2.05) is 69.4 Å². The van der Waals surface area contributed by atoms with E-state index >= 15 is 0 Å². The van der Waals surface area contributed by atoms with E-state index < -0.39 is 0 Å². The molecule has 164 valence electrons. The van der Waals surface area contributed by atoms with Crippen molar-refractivity contribution in [2.45, 2.75) is 39.8 Å². The average molecular weight is 441 g/mol. The molecule has 0 saturated heterocycles. The number of aryl methyl sites for hydroxylation is 1. The second-order valence-corrected chi connectivity index (χ2v) is 8.09. The molecule has 0 aliphatic carbocycles. The second-order valence-electron chi connectivity index (χ2n) is 7.68. The molecule has 0 saturated carbocycles. The number of hydrogen-bond donors (Lipinski definition) is 1. The second kappa shape index (κ2) is 10.4. The molecule has 7 heteroatoms.